The van der Waals surface area contributed by atoms with Crippen molar-refractivity contribution in [2.24, 2.45) is 0 Å². The number of halogens is 1. The van der Waals surface area contributed by atoms with E-state index < -0.39 is 5.60 Å². The zero-order chi connectivity index (χ0) is 16.3. The minimum Gasteiger partial charge on any atom is -0.480 e. The Bertz CT molecular complexity index is 594. The molecule has 2 rings (SSSR count). The van der Waals surface area contributed by atoms with Crippen LogP contribution in [-0.4, -0.2) is 41.8 Å². The lowest BCUT2D eigenvalue weighted by molar-refractivity contribution is 0.0273. The highest BCUT2D eigenvalue weighted by Gasteiger charge is 2.25. The van der Waals surface area contributed by atoms with E-state index in [0.717, 1.165) is 17.6 Å². The normalized spacial score (nSPS) is 15.3. The van der Waals surface area contributed by atoms with Crippen molar-refractivity contribution in [1.29, 1.82) is 0 Å². The standard InChI is InChI=1S/C16H21ClN2O3/c1-16(2,3)22-15(20)19-7-5-6-11(10-19)12-8-13(17)14(21-4)18-9-12/h6,8-9H,5,7,10H2,1-4H3. The number of hydrogen-bond acceptors (Lipinski definition) is 4. The molecule has 1 aromatic heterocycles. The number of hydrogen-bond donors (Lipinski definition) is 0. The van der Waals surface area contributed by atoms with Gasteiger partial charge in [0.15, 0.2) is 0 Å². The summed E-state index contributed by atoms with van der Waals surface area (Å²) >= 11 is 6.11. The Kier molecular flexibility index (Phi) is 4.96. The molecular formula is C16H21ClN2O3. The first kappa shape index (κ1) is 16.6. The second kappa shape index (κ2) is 6.57. The Balaban J connectivity index is 2.12. The van der Waals surface area contributed by atoms with Gasteiger partial charge in [0.05, 0.1) is 7.11 Å². The van der Waals surface area contributed by atoms with Gasteiger partial charge in [-0.2, -0.15) is 0 Å². The van der Waals surface area contributed by atoms with Gasteiger partial charge in [0, 0.05) is 19.3 Å². The summed E-state index contributed by atoms with van der Waals surface area (Å²) in [6, 6.07) is 1.80. The molecule has 0 spiro atoms. The van der Waals surface area contributed by atoms with Crippen molar-refractivity contribution in [3.63, 3.8) is 0 Å². The molecule has 120 valence electrons. The Labute approximate surface area is 135 Å². The summed E-state index contributed by atoms with van der Waals surface area (Å²) in [5.74, 6) is 0.394. The molecule has 2 heterocycles. The Hall–Kier alpha value is -1.75. The average molecular weight is 325 g/mol. The van der Waals surface area contributed by atoms with E-state index in [4.69, 9.17) is 21.1 Å². The predicted molar refractivity (Wildman–Crippen MR) is 86.2 cm³/mol. The minimum atomic E-state index is -0.497. The average Bonchev–Trinajstić information content (AvgIpc) is 2.45. The van der Waals surface area contributed by atoms with E-state index in [1.54, 1.807) is 17.2 Å². The van der Waals surface area contributed by atoms with Crippen molar-refractivity contribution >= 4 is 23.3 Å². The maximum absolute atomic E-state index is 12.2. The molecule has 0 fully saturated rings. The first-order valence-electron chi connectivity index (χ1n) is 7.17. The van der Waals surface area contributed by atoms with E-state index >= 15 is 0 Å². The second-order valence-electron chi connectivity index (χ2n) is 6.14. The third-order valence-electron chi connectivity index (χ3n) is 3.17. The Morgan fingerprint density at radius 1 is 1.41 bits per heavy atom. The highest BCUT2D eigenvalue weighted by molar-refractivity contribution is 6.32. The van der Waals surface area contributed by atoms with E-state index in [2.05, 4.69) is 11.1 Å². The molecule has 1 aliphatic heterocycles. The van der Waals surface area contributed by atoms with Crippen LogP contribution >= 0.6 is 11.6 Å². The maximum atomic E-state index is 12.2. The molecule has 6 heteroatoms. The summed E-state index contributed by atoms with van der Waals surface area (Å²) in [6.45, 7) is 6.71. The molecule has 0 bridgehead atoms. The van der Waals surface area contributed by atoms with Crippen molar-refractivity contribution in [2.75, 3.05) is 20.2 Å². The minimum absolute atomic E-state index is 0.300. The van der Waals surface area contributed by atoms with Gasteiger partial charge in [-0.25, -0.2) is 9.78 Å². The summed E-state index contributed by atoms with van der Waals surface area (Å²) in [6.07, 6.45) is 4.28. The van der Waals surface area contributed by atoms with E-state index in [9.17, 15) is 4.79 Å². The van der Waals surface area contributed by atoms with Crippen LogP contribution in [0.1, 0.15) is 32.8 Å². The molecule has 1 aromatic rings. The molecule has 0 saturated carbocycles. The molecule has 0 saturated heterocycles. The molecule has 0 aliphatic carbocycles. The lowest BCUT2D eigenvalue weighted by atomic mass is 10.0. The fourth-order valence-corrected chi connectivity index (χ4v) is 2.43. The first-order chi connectivity index (χ1) is 10.3. The van der Waals surface area contributed by atoms with Crippen LogP contribution in [0.4, 0.5) is 4.79 Å². The highest BCUT2D eigenvalue weighted by atomic mass is 35.5. The number of aromatic nitrogens is 1. The van der Waals surface area contributed by atoms with Gasteiger partial charge < -0.3 is 14.4 Å². The van der Waals surface area contributed by atoms with E-state index in [1.165, 1.54) is 7.11 Å². The fraction of sp³-hybridized carbons (Fsp3) is 0.500. The molecule has 22 heavy (non-hydrogen) atoms. The number of amides is 1. The van der Waals surface area contributed by atoms with Gasteiger partial charge in [-0.1, -0.05) is 17.7 Å². The van der Waals surface area contributed by atoms with E-state index in [1.807, 2.05) is 20.8 Å². The monoisotopic (exact) mass is 324 g/mol. The SMILES string of the molecule is COc1ncc(C2=CCCN(C(=O)OC(C)(C)C)C2)cc1Cl. The fourth-order valence-electron chi connectivity index (χ4n) is 2.19. The van der Waals surface area contributed by atoms with Gasteiger partial charge in [0.25, 0.3) is 0 Å². The van der Waals surface area contributed by atoms with Crippen molar-refractivity contribution in [3.05, 3.63) is 28.9 Å². The Morgan fingerprint density at radius 3 is 2.73 bits per heavy atom. The van der Waals surface area contributed by atoms with Crippen LogP contribution in [0.5, 0.6) is 5.88 Å². The van der Waals surface area contributed by atoms with Crippen LogP contribution in [0.25, 0.3) is 5.57 Å². The molecule has 0 N–H and O–H groups in total. The van der Waals surface area contributed by atoms with Crippen LogP contribution in [0.3, 0.4) is 0 Å². The molecule has 5 nitrogen and oxygen atoms in total. The molecule has 1 amide bonds. The number of pyridine rings is 1. The van der Waals surface area contributed by atoms with Crippen LogP contribution in [0.15, 0.2) is 18.3 Å². The summed E-state index contributed by atoms with van der Waals surface area (Å²) in [7, 11) is 1.53. The number of carbonyl (C=O) groups is 1. The van der Waals surface area contributed by atoms with Gasteiger partial charge >= 0.3 is 6.09 Å². The summed E-state index contributed by atoms with van der Waals surface area (Å²) in [5, 5.41) is 0.454. The summed E-state index contributed by atoms with van der Waals surface area (Å²) in [4.78, 5) is 18.0. The van der Waals surface area contributed by atoms with Crippen LogP contribution in [0, 0.1) is 0 Å². The molecule has 0 radical (unpaired) electrons. The predicted octanol–water partition coefficient (Wildman–Crippen LogP) is 3.77. The van der Waals surface area contributed by atoms with E-state index in [-0.39, 0.29) is 6.09 Å². The molecule has 1 aliphatic rings. The first-order valence-corrected chi connectivity index (χ1v) is 7.55. The molecular weight excluding hydrogens is 304 g/mol. The lowest BCUT2D eigenvalue weighted by Gasteiger charge is -2.30. The third-order valence-corrected chi connectivity index (χ3v) is 3.44. The highest BCUT2D eigenvalue weighted by Crippen LogP contribution is 2.28. The number of nitrogens with zero attached hydrogens (tertiary/aromatic N) is 2. The molecule has 0 aromatic carbocycles. The Morgan fingerprint density at radius 2 is 2.14 bits per heavy atom. The number of carbonyl (C=O) groups excluding carboxylic acids is 1. The van der Waals surface area contributed by atoms with Gasteiger partial charge in [-0.15, -0.1) is 0 Å². The second-order valence-corrected chi connectivity index (χ2v) is 6.54. The molecule has 0 atom stereocenters. The quantitative estimate of drug-likeness (QED) is 0.831. The third kappa shape index (κ3) is 4.13. The number of rotatable bonds is 2. The smallest absolute Gasteiger partial charge is 0.410 e. The topological polar surface area (TPSA) is 51.7 Å². The largest absolute Gasteiger partial charge is 0.480 e. The van der Waals surface area contributed by atoms with Crippen LogP contribution in [0.2, 0.25) is 5.02 Å². The maximum Gasteiger partial charge on any atom is 0.410 e. The lowest BCUT2D eigenvalue weighted by Crippen LogP contribution is -2.39. The van der Waals surface area contributed by atoms with Gasteiger partial charge in [-0.3, -0.25) is 0 Å². The van der Waals surface area contributed by atoms with Crippen LogP contribution in [-0.2, 0) is 4.74 Å². The van der Waals surface area contributed by atoms with Crippen molar-refractivity contribution in [3.8, 4) is 5.88 Å². The molecule has 0 unspecified atom stereocenters. The van der Waals surface area contributed by atoms with Crippen molar-refractivity contribution in [2.45, 2.75) is 32.8 Å². The van der Waals surface area contributed by atoms with Gasteiger partial charge in [0.2, 0.25) is 5.88 Å². The van der Waals surface area contributed by atoms with E-state index in [0.29, 0.717) is 24.0 Å². The summed E-state index contributed by atoms with van der Waals surface area (Å²) < 4.78 is 10.5. The van der Waals surface area contributed by atoms with Gasteiger partial charge in [-0.05, 0) is 44.4 Å². The summed E-state index contributed by atoms with van der Waals surface area (Å²) in [5.41, 5.74) is 1.40. The van der Waals surface area contributed by atoms with Crippen molar-refractivity contribution in [1.82, 2.24) is 9.88 Å². The van der Waals surface area contributed by atoms with Gasteiger partial charge in [0.1, 0.15) is 10.6 Å². The van der Waals surface area contributed by atoms with Crippen LogP contribution < -0.4 is 4.74 Å². The van der Waals surface area contributed by atoms with Crippen molar-refractivity contribution < 1.29 is 14.3 Å². The number of methoxy groups -OCH3 is 1. The zero-order valence-corrected chi connectivity index (χ0v) is 14.1. The number of ether oxygens (including phenoxy) is 2. The zero-order valence-electron chi connectivity index (χ0n) is 13.4.